The first-order valence-corrected chi connectivity index (χ1v) is 10.1. The van der Waals surface area contributed by atoms with E-state index in [1.807, 2.05) is 6.07 Å². The molecule has 3 rings (SSSR count). The van der Waals surface area contributed by atoms with Crippen LogP contribution in [0.2, 0.25) is 0 Å². The summed E-state index contributed by atoms with van der Waals surface area (Å²) in [6, 6.07) is 8.54. The van der Waals surface area contributed by atoms with Gasteiger partial charge in [-0.3, -0.25) is 4.79 Å². The lowest BCUT2D eigenvalue weighted by molar-refractivity contribution is 0.0729. The summed E-state index contributed by atoms with van der Waals surface area (Å²) in [5.41, 5.74) is 2.43. The normalized spacial score (nSPS) is 15.5. The SMILES string of the molecule is CC(O)CCNS(=O)(=O)c1ccc2c(c1)CN(C(=O)c1ccc[nH]1)CC2. The van der Waals surface area contributed by atoms with E-state index >= 15 is 0 Å². The number of amides is 1. The van der Waals surface area contributed by atoms with E-state index in [-0.39, 0.29) is 17.3 Å². The zero-order valence-corrected chi connectivity index (χ0v) is 15.4. The second-order valence-electron chi connectivity index (χ2n) is 6.53. The van der Waals surface area contributed by atoms with Crippen LogP contribution in [0.25, 0.3) is 0 Å². The Hall–Kier alpha value is -2.16. The molecule has 8 heteroatoms. The van der Waals surface area contributed by atoms with Crippen molar-refractivity contribution in [1.82, 2.24) is 14.6 Å². The molecule has 140 valence electrons. The number of carbonyl (C=O) groups excluding carboxylic acids is 1. The summed E-state index contributed by atoms with van der Waals surface area (Å²) in [5, 5.41) is 9.26. The number of carbonyl (C=O) groups is 1. The van der Waals surface area contributed by atoms with Crippen molar-refractivity contribution in [3.05, 3.63) is 53.3 Å². The van der Waals surface area contributed by atoms with Gasteiger partial charge in [0.2, 0.25) is 10.0 Å². The molecule has 1 amide bonds. The molecule has 1 aliphatic rings. The number of H-pyrrole nitrogens is 1. The molecule has 1 aromatic carbocycles. The zero-order chi connectivity index (χ0) is 18.7. The highest BCUT2D eigenvalue weighted by Gasteiger charge is 2.24. The van der Waals surface area contributed by atoms with E-state index in [1.54, 1.807) is 42.3 Å². The maximum absolute atomic E-state index is 12.5. The lowest BCUT2D eigenvalue weighted by atomic mass is 9.99. The number of benzene rings is 1. The van der Waals surface area contributed by atoms with E-state index in [2.05, 4.69) is 9.71 Å². The third-order valence-corrected chi connectivity index (χ3v) is 5.93. The second-order valence-corrected chi connectivity index (χ2v) is 8.29. The van der Waals surface area contributed by atoms with E-state index in [4.69, 9.17) is 0 Å². The Bertz CT molecular complexity index is 876. The Labute approximate surface area is 153 Å². The van der Waals surface area contributed by atoms with Gasteiger partial charge in [0, 0.05) is 25.8 Å². The summed E-state index contributed by atoms with van der Waals surface area (Å²) >= 11 is 0. The van der Waals surface area contributed by atoms with Gasteiger partial charge in [-0.25, -0.2) is 13.1 Å². The number of nitrogens with one attached hydrogen (secondary N) is 2. The second kappa shape index (κ2) is 7.61. The molecule has 0 radical (unpaired) electrons. The summed E-state index contributed by atoms with van der Waals surface area (Å²) < 4.78 is 27.3. The summed E-state index contributed by atoms with van der Waals surface area (Å²) in [4.78, 5) is 17.3. The van der Waals surface area contributed by atoms with Crippen LogP contribution in [0.4, 0.5) is 0 Å². The molecule has 26 heavy (non-hydrogen) atoms. The number of fused-ring (bicyclic) bond motifs is 1. The van der Waals surface area contributed by atoms with Gasteiger partial charge in [0.1, 0.15) is 5.69 Å². The first kappa shape index (κ1) is 18.6. The van der Waals surface area contributed by atoms with E-state index in [0.717, 1.165) is 11.1 Å². The van der Waals surface area contributed by atoms with Crippen molar-refractivity contribution in [2.45, 2.75) is 37.3 Å². The number of aromatic nitrogens is 1. The van der Waals surface area contributed by atoms with Gasteiger partial charge in [0.25, 0.3) is 5.91 Å². The first-order valence-electron chi connectivity index (χ1n) is 8.59. The number of aliphatic hydroxyl groups excluding tert-OH is 1. The molecule has 2 heterocycles. The minimum atomic E-state index is -3.64. The van der Waals surface area contributed by atoms with Crippen molar-refractivity contribution in [2.24, 2.45) is 0 Å². The Morgan fingerprint density at radius 2 is 2.15 bits per heavy atom. The minimum absolute atomic E-state index is 0.0935. The topological polar surface area (TPSA) is 102 Å². The van der Waals surface area contributed by atoms with Crippen LogP contribution >= 0.6 is 0 Å². The molecule has 0 spiro atoms. The third kappa shape index (κ3) is 4.14. The molecule has 1 atom stereocenters. The predicted octanol–water partition coefficient (Wildman–Crippen LogP) is 1.26. The van der Waals surface area contributed by atoms with Crippen LogP contribution < -0.4 is 4.72 Å². The standard InChI is InChI=1S/C18H23N3O4S/c1-13(22)6-9-20-26(24,25)16-5-4-14-7-10-21(12-15(14)11-16)18(23)17-3-2-8-19-17/h2-5,8,11,13,19-20,22H,6-7,9-10,12H2,1H3. The molecule has 0 fully saturated rings. The fraction of sp³-hybridized carbons (Fsp3) is 0.389. The summed E-state index contributed by atoms with van der Waals surface area (Å²) in [6.07, 6.45) is 2.18. The number of hydrogen-bond donors (Lipinski definition) is 3. The molecule has 1 aliphatic heterocycles. The molecule has 7 nitrogen and oxygen atoms in total. The van der Waals surface area contributed by atoms with Gasteiger partial charge in [-0.2, -0.15) is 0 Å². The lowest BCUT2D eigenvalue weighted by Crippen LogP contribution is -2.36. The maximum atomic E-state index is 12.5. The number of hydrogen-bond acceptors (Lipinski definition) is 4. The van der Waals surface area contributed by atoms with Gasteiger partial charge in [-0.1, -0.05) is 6.07 Å². The van der Waals surface area contributed by atoms with Gasteiger partial charge >= 0.3 is 0 Å². The molecule has 0 aliphatic carbocycles. The molecular formula is C18H23N3O4S. The van der Waals surface area contributed by atoms with Gasteiger partial charge in [-0.15, -0.1) is 0 Å². The third-order valence-electron chi connectivity index (χ3n) is 4.47. The molecule has 1 unspecified atom stereocenters. The van der Waals surface area contributed by atoms with E-state index in [0.29, 0.717) is 31.6 Å². The number of rotatable bonds is 6. The monoisotopic (exact) mass is 377 g/mol. The average molecular weight is 377 g/mol. The van der Waals surface area contributed by atoms with Crippen LogP contribution in [-0.2, 0) is 23.0 Å². The molecule has 0 bridgehead atoms. The van der Waals surface area contributed by atoms with Crippen molar-refractivity contribution in [2.75, 3.05) is 13.1 Å². The van der Waals surface area contributed by atoms with Crippen molar-refractivity contribution in [3.63, 3.8) is 0 Å². The zero-order valence-electron chi connectivity index (χ0n) is 14.6. The van der Waals surface area contributed by atoms with Crippen molar-refractivity contribution >= 4 is 15.9 Å². The Morgan fingerprint density at radius 3 is 2.85 bits per heavy atom. The molecule has 1 aromatic heterocycles. The highest BCUT2D eigenvalue weighted by Crippen LogP contribution is 2.23. The van der Waals surface area contributed by atoms with E-state index in [1.165, 1.54) is 0 Å². The van der Waals surface area contributed by atoms with Gasteiger partial charge < -0.3 is 15.0 Å². The Kier molecular flexibility index (Phi) is 5.45. The molecule has 3 N–H and O–H groups in total. The minimum Gasteiger partial charge on any atom is -0.393 e. The number of aliphatic hydroxyl groups is 1. The van der Waals surface area contributed by atoms with Crippen LogP contribution in [-0.4, -0.2) is 48.5 Å². The maximum Gasteiger partial charge on any atom is 0.270 e. The summed E-state index contributed by atoms with van der Waals surface area (Å²) in [5.74, 6) is -0.0935. The highest BCUT2D eigenvalue weighted by atomic mass is 32.2. The average Bonchev–Trinajstić information content (AvgIpc) is 3.14. The van der Waals surface area contributed by atoms with E-state index in [9.17, 15) is 18.3 Å². The fourth-order valence-electron chi connectivity index (χ4n) is 2.99. The number of aromatic amines is 1. The lowest BCUT2D eigenvalue weighted by Gasteiger charge is -2.29. The van der Waals surface area contributed by atoms with Crippen LogP contribution in [0.5, 0.6) is 0 Å². The van der Waals surface area contributed by atoms with Crippen LogP contribution in [0, 0.1) is 0 Å². The van der Waals surface area contributed by atoms with Crippen molar-refractivity contribution < 1.29 is 18.3 Å². The molecule has 0 saturated carbocycles. The predicted molar refractivity (Wildman–Crippen MR) is 97.2 cm³/mol. The van der Waals surface area contributed by atoms with Gasteiger partial charge in [0.15, 0.2) is 0 Å². The van der Waals surface area contributed by atoms with Crippen molar-refractivity contribution in [1.29, 1.82) is 0 Å². The van der Waals surface area contributed by atoms with Crippen LogP contribution in [0.3, 0.4) is 0 Å². The Balaban J connectivity index is 1.76. The highest BCUT2D eigenvalue weighted by molar-refractivity contribution is 7.89. The molecular weight excluding hydrogens is 354 g/mol. The fourth-order valence-corrected chi connectivity index (χ4v) is 4.09. The van der Waals surface area contributed by atoms with E-state index < -0.39 is 16.1 Å². The molecule has 0 saturated heterocycles. The van der Waals surface area contributed by atoms with Crippen LogP contribution in [0.15, 0.2) is 41.4 Å². The summed E-state index contributed by atoms with van der Waals surface area (Å²) in [7, 11) is -3.64. The first-order chi connectivity index (χ1) is 12.4. The number of nitrogens with zero attached hydrogens (tertiary/aromatic N) is 1. The quantitative estimate of drug-likeness (QED) is 0.705. The van der Waals surface area contributed by atoms with Crippen LogP contribution in [0.1, 0.15) is 35.0 Å². The number of sulfonamides is 1. The van der Waals surface area contributed by atoms with Crippen molar-refractivity contribution in [3.8, 4) is 0 Å². The molecule has 2 aromatic rings. The summed E-state index contributed by atoms with van der Waals surface area (Å²) in [6.45, 7) is 2.77. The smallest absolute Gasteiger partial charge is 0.270 e. The Morgan fingerprint density at radius 1 is 1.35 bits per heavy atom. The van der Waals surface area contributed by atoms with Gasteiger partial charge in [0.05, 0.1) is 11.0 Å². The largest absolute Gasteiger partial charge is 0.393 e. The van der Waals surface area contributed by atoms with Gasteiger partial charge in [-0.05, 0) is 55.2 Å².